The minimum Gasteiger partial charge on any atom is -0.324 e. The van der Waals surface area contributed by atoms with E-state index >= 15 is 0 Å². The van der Waals surface area contributed by atoms with E-state index < -0.39 is 0 Å². The van der Waals surface area contributed by atoms with Crippen molar-refractivity contribution in [1.29, 1.82) is 0 Å². The van der Waals surface area contributed by atoms with E-state index in [0.717, 1.165) is 23.5 Å². The van der Waals surface area contributed by atoms with Crippen LogP contribution in [0.3, 0.4) is 0 Å². The fourth-order valence-electron chi connectivity index (χ4n) is 1.91. The van der Waals surface area contributed by atoms with E-state index in [2.05, 4.69) is 28.6 Å². The monoisotopic (exact) mass is 215 g/mol. The molecule has 1 atom stereocenters. The zero-order valence-corrected chi connectivity index (χ0v) is 9.72. The van der Waals surface area contributed by atoms with Crippen LogP contribution in [-0.2, 0) is 6.42 Å². The van der Waals surface area contributed by atoms with Gasteiger partial charge in [0.25, 0.3) is 0 Å². The second kappa shape index (κ2) is 4.49. The van der Waals surface area contributed by atoms with Gasteiger partial charge in [-0.15, -0.1) is 0 Å². The molecule has 2 aromatic rings. The van der Waals surface area contributed by atoms with E-state index in [1.807, 2.05) is 31.5 Å². The molecule has 2 N–H and O–H groups in total. The Hall–Kier alpha value is -1.61. The lowest BCUT2D eigenvalue weighted by Gasteiger charge is -2.14. The Balaban J connectivity index is 2.55. The lowest BCUT2D eigenvalue weighted by Crippen LogP contribution is -2.10. The maximum atomic E-state index is 5.98. The van der Waals surface area contributed by atoms with Crippen LogP contribution in [0.4, 0.5) is 0 Å². The van der Waals surface area contributed by atoms with Gasteiger partial charge < -0.3 is 10.3 Å². The van der Waals surface area contributed by atoms with Crippen LogP contribution >= 0.6 is 0 Å². The van der Waals surface area contributed by atoms with Crippen molar-refractivity contribution in [2.24, 2.45) is 5.73 Å². The largest absolute Gasteiger partial charge is 0.324 e. The number of hydrogen-bond donors (Lipinski definition) is 1. The van der Waals surface area contributed by atoms with Crippen LogP contribution < -0.4 is 5.73 Å². The van der Waals surface area contributed by atoms with Crippen LogP contribution in [0.1, 0.15) is 31.3 Å². The summed E-state index contributed by atoms with van der Waals surface area (Å²) in [4.78, 5) is 4.33. The number of para-hydroxylation sites is 1. The number of rotatable bonds is 3. The first-order valence-corrected chi connectivity index (χ1v) is 5.61. The molecule has 2 rings (SSSR count). The van der Waals surface area contributed by atoms with Gasteiger partial charge in [0.2, 0.25) is 0 Å². The summed E-state index contributed by atoms with van der Waals surface area (Å²) >= 11 is 0. The molecular weight excluding hydrogens is 198 g/mol. The molecule has 1 unspecified atom stereocenters. The van der Waals surface area contributed by atoms with Crippen LogP contribution in [0.5, 0.6) is 0 Å². The van der Waals surface area contributed by atoms with Gasteiger partial charge in [0, 0.05) is 24.9 Å². The normalized spacial score (nSPS) is 12.7. The predicted molar refractivity (Wildman–Crippen MR) is 65.5 cm³/mol. The number of imidazole rings is 1. The Labute approximate surface area is 95.9 Å². The van der Waals surface area contributed by atoms with Crippen molar-refractivity contribution in [3.63, 3.8) is 0 Å². The van der Waals surface area contributed by atoms with Gasteiger partial charge in [0.15, 0.2) is 0 Å². The third-order valence-corrected chi connectivity index (χ3v) is 2.72. The van der Waals surface area contributed by atoms with Crippen molar-refractivity contribution in [3.05, 3.63) is 48.0 Å². The van der Waals surface area contributed by atoms with E-state index in [1.54, 1.807) is 0 Å². The standard InChI is InChI=1S/C13H17N3/c1-3-13-15-8-9-16(13)12-7-5-4-6-11(12)10(2)14/h4-10H,3,14H2,1-2H3. The topological polar surface area (TPSA) is 43.8 Å². The molecule has 3 heteroatoms. The predicted octanol–water partition coefficient (Wildman–Crippen LogP) is 2.45. The van der Waals surface area contributed by atoms with E-state index in [-0.39, 0.29) is 6.04 Å². The van der Waals surface area contributed by atoms with Gasteiger partial charge in [-0.05, 0) is 18.6 Å². The van der Waals surface area contributed by atoms with Gasteiger partial charge >= 0.3 is 0 Å². The molecule has 0 saturated heterocycles. The Morgan fingerprint density at radius 1 is 1.38 bits per heavy atom. The van der Waals surface area contributed by atoms with Gasteiger partial charge in [0.05, 0.1) is 5.69 Å². The highest BCUT2D eigenvalue weighted by Gasteiger charge is 2.09. The maximum Gasteiger partial charge on any atom is 0.112 e. The first-order chi connectivity index (χ1) is 7.74. The van der Waals surface area contributed by atoms with Crippen molar-refractivity contribution in [2.45, 2.75) is 26.3 Å². The maximum absolute atomic E-state index is 5.98. The lowest BCUT2D eigenvalue weighted by atomic mass is 10.1. The van der Waals surface area contributed by atoms with Crippen molar-refractivity contribution < 1.29 is 0 Å². The van der Waals surface area contributed by atoms with E-state index in [1.165, 1.54) is 0 Å². The molecule has 0 aliphatic rings. The number of benzene rings is 1. The fraction of sp³-hybridized carbons (Fsp3) is 0.308. The zero-order valence-electron chi connectivity index (χ0n) is 9.72. The second-order valence-electron chi connectivity index (χ2n) is 3.91. The third kappa shape index (κ3) is 1.86. The molecule has 84 valence electrons. The van der Waals surface area contributed by atoms with Crippen molar-refractivity contribution >= 4 is 0 Å². The fourth-order valence-corrected chi connectivity index (χ4v) is 1.91. The zero-order chi connectivity index (χ0) is 11.5. The molecule has 0 fully saturated rings. The molecule has 0 amide bonds. The van der Waals surface area contributed by atoms with E-state index in [9.17, 15) is 0 Å². The lowest BCUT2D eigenvalue weighted by molar-refractivity contribution is 0.792. The number of nitrogens with two attached hydrogens (primary N) is 1. The molecule has 0 aliphatic carbocycles. The minimum absolute atomic E-state index is 0.0308. The number of aryl methyl sites for hydroxylation is 1. The van der Waals surface area contributed by atoms with Gasteiger partial charge in [-0.3, -0.25) is 0 Å². The SMILES string of the molecule is CCc1nccn1-c1ccccc1C(C)N. The molecule has 0 spiro atoms. The van der Waals surface area contributed by atoms with Crippen LogP contribution in [0.15, 0.2) is 36.7 Å². The summed E-state index contributed by atoms with van der Waals surface area (Å²) in [7, 11) is 0. The molecule has 0 aliphatic heterocycles. The summed E-state index contributed by atoms with van der Waals surface area (Å²) in [6, 6.07) is 8.23. The molecule has 0 bridgehead atoms. The molecule has 3 nitrogen and oxygen atoms in total. The quantitative estimate of drug-likeness (QED) is 0.854. The summed E-state index contributed by atoms with van der Waals surface area (Å²) in [5.41, 5.74) is 8.26. The highest BCUT2D eigenvalue weighted by atomic mass is 15.1. The summed E-state index contributed by atoms with van der Waals surface area (Å²) in [6.07, 6.45) is 4.73. The average molecular weight is 215 g/mol. The number of aromatic nitrogens is 2. The first-order valence-electron chi connectivity index (χ1n) is 5.61. The van der Waals surface area contributed by atoms with E-state index in [0.29, 0.717) is 0 Å². The Morgan fingerprint density at radius 3 is 2.81 bits per heavy atom. The van der Waals surface area contributed by atoms with Crippen LogP contribution in [0.2, 0.25) is 0 Å². The molecule has 1 aromatic carbocycles. The van der Waals surface area contributed by atoms with Gasteiger partial charge in [-0.25, -0.2) is 4.98 Å². The van der Waals surface area contributed by atoms with Crippen LogP contribution in [0.25, 0.3) is 5.69 Å². The van der Waals surface area contributed by atoms with E-state index in [4.69, 9.17) is 5.73 Å². The summed E-state index contributed by atoms with van der Waals surface area (Å²) < 4.78 is 2.11. The third-order valence-electron chi connectivity index (χ3n) is 2.72. The Bertz CT molecular complexity index is 472. The van der Waals surface area contributed by atoms with Crippen molar-refractivity contribution in [3.8, 4) is 5.69 Å². The average Bonchev–Trinajstić information content (AvgIpc) is 2.76. The molecule has 1 aromatic heterocycles. The molecule has 1 heterocycles. The van der Waals surface area contributed by atoms with Crippen LogP contribution in [-0.4, -0.2) is 9.55 Å². The summed E-state index contributed by atoms with van der Waals surface area (Å²) in [5, 5.41) is 0. The number of hydrogen-bond acceptors (Lipinski definition) is 2. The first kappa shape index (κ1) is 10.9. The van der Waals surface area contributed by atoms with Crippen molar-refractivity contribution in [2.75, 3.05) is 0 Å². The van der Waals surface area contributed by atoms with Crippen molar-refractivity contribution in [1.82, 2.24) is 9.55 Å². The summed E-state index contributed by atoms with van der Waals surface area (Å²) in [5.74, 6) is 1.06. The second-order valence-corrected chi connectivity index (χ2v) is 3.91. The Morgan fingerprint density at radius 2 is 2.12 bits per heavy atom. The number of nitrogens with zero attached hydrogens (tertiary/aromatic N) is 2. The van der Waals surface area contributed by atoms with Gasteiger partial charge in [0.1, 0.15) is 5.82 Å². The molecule has 0 saturated carbocycles. The summed E-state index contributed by atoms with van der Waals surface area (Å²) in [6.45, 7) is 4.11. The highest BCUT2D eigenvalue weighted by molar-refractivity contribution is 5.43. The molecule has 16 heavy (non-hydrogen) atoms. The van der Waals surface area contributed by atoms with Crippen LogP contribution in [0, 0.1) is 0 Å². The van der Waals surface area contributed by atoms with Gasteiger partial charge in [-0.1, -0.05) is 25.1 Å². The molecule has 0 radical (unpaired) electrons. The smallest absolute Gasteiger partial charge is 0.112 e. The Kier molecular flexibility index (Phi) is 3.06. The highest BCUT2D eigenvalue weighted by Crippen LogP contribution is 2.21. The minimum atomic E-state index is 0.0308. The molecular formula is C13H17N3. The van der Waals surface area contributed by atoms with Gasteiger partial charge in [-0.2, -0.15) is 0 Å².